The number of carboxylic acid groups (broad SMARTS) is 1. The van der Waals surface area contributed by atoms with Gasteiger partial charge < -0.3 is 20.5 Å². The Kier molecular flexibility index (Phi) is 6.28. The van der Waals surface area contributed by atoms with Gasteiger partial charge in [0.25, 0.3) is 0 Å². The first-order chi connectivity index (χ1) is 8.60. The Morgan fingerprint density at radius 1 is 1.39 bits per heavy atom. The van der Waals surface area contributed by atoms with Gasteiger partial charge in [-0.3, -0.25) is 0 Å². The number of carbonyl (C=O) groups is 2. The number of carboxylic acids is 1. The zero-order valence-corrected chi connectivity index (χ0v) is 11.3. The smallest absolute Gasteiger partial charge is 0.329 e. The molecule has 0 spiro atoms. The van der Waals surface area contributed by atoms with Gasteiger partial charge in [-0.05, 0) is 5.75 Å². The van der Waals surface area contributed by atoms with Crippen LogP contribution >= 0.6 is 11.8 Å². The highest BCUT2D eigenvalue weighted by Gasteiger charge is 2.41. The Bertz CT molecular complexity index is 293. The predicted octanol–water partition coefficient (Wildman–Crippen LogP) is 0.672. The lowest BCUT2D eigenvalue weighted by Gasteiger charge is -2.33. The molecule has 0 unspecified atom stereocenters. The fourth-order valence-electron chi connectivity index (χ4n) is 1.75. The first kappa shape index (κ1) is 15.1. The van der Waals surface area contributed by atoms with E-state index < -0.39 is 17.5 Å². The summed E-state index contributed by atoms with van der Waals surface area (Å²) in [5.74, 6) is 0.830. The molecule has 0 aromatic carbocycles. The van der Waals surface area contributed by atoms with Crippen molar-refractivity contribution in [1.29, 1.82) is 0 Å². The largest absolute Gasteiger partial charge is 0.480 e. The summed E-state index contributed by atoms with van der Waals surface area (Å²) in [7, 11) is 0. The minimum absolute atomic E-state index is 0.305. The van der Waals surface area contributed by atoms with Crippen LogP contribution in [0.2, 0.25) is 0 Å². The fraction of sp³-hybridized carbons (Fsp3) is 0.818. The first-order valence-corrected chi connectivity index (χ1v) is 7.21. The third-order valence-electron chi connectivity index (χ3n) is 2.84. The molecular formula is C11H20N2O4S. The number of urea groups is 1. The number of hydrogen-bond acceptors (Lipinski definition) is 4. The number of carbonyl (C=O) groups excluding carboxylic acids is 1. The molecule has 0 aromatic rings. The van der Waals surface area contributed by atoms with Crippen LogP contribution < -0.4 is 10.6 Å². The van der Waals surface area contributed by atoms with E-state index in [-0.39, 0.29) is 0 Å². The summed E-state index contributed by atoms with van der Waals surface area (Å²) < 4.78 is 5.13. The molecule has 0 radical (unpaired) electrons. The summed E-state index contributed by atoms with van der Waals surface area (Å²) in [5.41, 5.74) is -1.18. The predicted molar refractivity (Wildman–Crippen MR) is 70.0 cm³/mol. The second-order valence-electron chi connectivity index (χ2n) is 4.08. The van der Waals surface area contributed by atoms with Gasteiger partial charge in [0.1, 0.15) is 5.54 Å². The van der Waals surface area contributed by atoms with Gasteiger partial charge in [0.15, 0.2) is 0 Å². The van der Waals surface area contributed by atoms with Crippen LogP contribution in [0, 0.1) is 0 Å². The van der Waals surface area contributed by atoms with E-state index in [9.17, 15) is 14.7 Å². The van der Waals surface area contributed by atoms with Crippen LogP contribution in [0.3, 0.4) is 0 Å². The van der Waals surface area contributed by atoms with Crippen molar-refractivity contribution in [1.82, 2.24) is 10.6 Å². The van der Waals surface area contributed by atoms with Gasteiger partial charge in [-0.2, -0.15) is 11.8 Å². The van der Waals surface area contributed by atoms with Gasteiger partial charge >= 0.3 is 12.0 Å². The van der Waals surface area contributed by atoms with E-state index in [0.717, 1.165) is 11.5 Å². The van der Waals surface area contributed by atoms with E-state index >= 15 is 0 Å². The molecule has 0 aromatic heterocycles. The average Bonchev–Trinajstić information content (AvgIpc) is 2.35. The SMILES string of the molecule is CCSCCNC(=O)NC1(C(=O)O)CCOCC1. The highest BCUT2D eigenvalue weighted by Crippen LogP contribution is 2.20. The minimum Gasteiger partial charge on any atom is -0.480 e. The van der Waals surface area contributed by atoms with Crippen LogP contribution in [0.15, 0.2) is 0 Å². The van der Waals surface area contributed by atoms with E-state index in [2.05, 4.69) is 10.6 Å². The topological polar surface area (TPSA) is 87.7 Å². The molecule has 7 heteroatoms. The Morgan fingerprint density at radius 3 is 2.61 bits per heavy atom. The van der Waals surface area contributed by atoms with Crippen molar-refractivity contribution in [2.75, 3.05) is 31.3 Å². The van der Waals surface area contributed by atoms with E-state index in [1.165, 1.54) is 0 Å². The molecular weight excluding hydrogens is 256 g/mol. The van der Waals surface area contributed by atoms with Crippen LogP contribution in [0.5, 0.6) is 0 Å². The molecule has 1 saturated heterocycles. The summed E-state index contributed by atoms with van der Waals surface area (Å²) in [5, 5.41) is 14.5. The quantitative estimate of drug-likeness (QED) is 0.621. The van der Waals surface area contributed by atoms with Crippen molar-refractivity contribution in [3.63, 3.8) is 0 Å². The van der Waals surface area contributed by atoms with E-state index in [0.29, 0.717) is 32.6 Å². The standard InChI is InChI=1S/C11H20N2O4S/c1-2-18-8-5-12-10(16)13-11(9(14)15)3-6-17-7-4-11/h2-8H2,1H3,(H,14,15)(H2,12,13,16). The van der Waals surface area contributed by atoms with Gasteiger partial charge in [0.05, 0.1) is 0 Å². The molecule has 0 bridgehead atoms. The summed E-state index contributed by atoms with van der Waals surface area (Å²) in [4.78, 5) is 22.9. The molecule has 0 atom stereocenters. The number of aliphatic carboxylic acids is 1. The molecule has 2 amide bonds. The van der Waals surface area contributed by atoms with Crippen molar-refractivity contribution >= 4 is 23.8 Å². The highest BCUT2D eigenvalue weighted by atomic mass is 32.2. The molecule has 1 rings (SSSR count). The third kappa shape index (κ3) is 4.38. The average molecular weight is 276 g/mol. The minimum atomic E-state index is -1.18. The fourth-order valence-corrected chi connectivity index (χ4v) is 2.29. The van der Waals surface area contributed by atoms with Crippen LogP contribution in [-0.2, 0) is 9.53 Å². The molecule has 1 heterocycles. The summed E-state index contributed by atoms with van der Waals surface area (Å²) >= 11 is 1.72. The number of amides is 2. The molecule has 1 aliphatic heterocycles. The lowest BCUT2D eigenvalue weighted by atomic mass is 9.90. The van der Waals surface area contributed by atoms with Crippen molar-refractivity contribution < 1.29 is 19.4 Å². The van der Waals surface area contributed by atoms with E-state index in [1.807, 2.05) is 6.92 Å². The molecule has 0 saturated carbocycles. The molecule has 1 aliphatic rings. The Balaban J connectivity index is 2.41. The third-order valence-corrected chi connectivity index (χ3v) is 3.75. The maximum Gasteiger partial charge on any atom is 0.329 e. The van der Waals surface area contributed by atoms with E-state index in [1.54, 1.807) is 11.8 Å². The number of nitrogens with one attached hydrogen (secondary N) is 2. The molecule has 1 fully saturated rings. The van der Waals surface area contributed by atoms with E-state index in [4.69, 9.17) is 4.74 Å². The second-order valence-corrected chi connectivity index (χ2v) is 5.47. The highest BCUT2D eigenvalue weighted by molar-refractivity contribution is 7.99. The van der Waals surface area contributed by atoms with Gasteiger partial charge in [-0.15, -0.1) is 0 Å². The van der Waals surface area contributed by atoms with Crippen molar-refractivity contribution in [3.05, 3.63) is 0 Å². The Labute approximate surface area is 111 Å². The Hall–Kier alpha value is -0.950. The lowest BCUT2D eigenvalue weighted by molar-refractivity contribution is -0.148. The first-order valence-electron chi connectivity index (χ1n) is 6.05. The van der Waals surface area contributed by atoms with Gasteiger partial charge in [-0.1, -0.05) is 6.92 Å². The number of rotatable bonds is 6. The Morgan fingerprint density at radius 2 is 2.06 bits per heavy atom. The summed E-state index contributed by atoms with van der Waals surface area (Å²) in [6, 6.07) is -0.420. The maximum atomic E-state index is 11.6. The van der Waals surface area contributed by atoms with Gasteiger partial charge in [-0.25, -0.2) is 9.59 Å². The molecule has 6 nitrogen and oxygen atoms in total. The molecule has 0 aliphatic carbocycles. The normalized spacial score (nSPS) is 18.1. The van der Waals surface area contributed by atoms with Crippen LogP contribution in [0.1, 0.15) is 19.8 Å². The van der Waals surface area contributed by atoms with Crippen LogP contribution in [0.25, 0.3) is 0 Å². The van der Waals surface area contributed by atoms with Crippen molar-refractivity contribution in [3.8, 4) is 0 Å². The maximum absolute atomic E-state index is 11.6. The van der Waals surface area contributed by atoms with Crippen LogP contribution in [-0.4, -0.2) is 53.9 Å². The number of hydrogen-bond donors (Lipinski definition) is 3. The van der Waals surface area contributed by atoms with Crippen molar-refractivity contribution in [2.24, 2.45) is 0 Å². The van der Waals surface area contributed by atoms with Crippen molar-refractivity contribution in [2.45, 2.75) is 25.3 Å². The summed E-state index contributed by atoms with van der Waals surface area (Å²) in [6.45, 7) is 3.30. The second kappa shape index (κ2) is 7.48. The zero-order chi connectivity index (χ0) is 13.4. The molecule has 104 valence electrons. The molecule has 3 N–H and O–H groups in total. The number of ether oxygens (including phenoxy) is 1. The number of thioether (sulfide) groups is 1. The summed E-state index contributed by atoms with van der Waals surface area (Å²) in [6.07, 6.45) is 0.610. The molecule has 18 heavy (non-hydrogen) atoms. The zero-order valence-electron chi connectivity index (χ0n) is 10.5. The van der Waals surface area contributed by atoms with Gasteiger partial charge in [0, 0.05) is 38.4 Å². The lowest BCUT2D eigenvalue weighted by Crippen LogP contribution is -2.59. The van der Waals surface area contributed by atoms with Gasteiger partial charge in [0.2, 0.25) is 0 Å². The van der Waals surface area contributed by atoms with Crippen LogP contribution in [0.4, 0.5) is 4.79 Å². The monoisotopic (exact) mass is 276 g/mol.